The Morgan fingerprint density at radius 1 is 1.06 bits per heavy atom. The Bertz CT molecular complexity index is 1110. The Labute approximate surface area is 207 Å². The first-order valence-electron chi connectivity index (χ1n) is 9.87. The van der Waals surface area contributed by atoms with Crippen LogP contribution in [0, 0.1) is 0 Å². The molecule has 0 atom stereocenters. The van der Waals surface area contributed by atoms with E-state index in [0.29, 0.717) is 27.3 Å². The van der Waals surface area contributed by atoms with Crippen LogP contribution < -0.4 is 15.0 Å². The fraction of sp³-hybridized carbons (Fsp3) is 0.167. The minimum atomic E-state index is 0.0163. The van der Waals surface area contributed by atoms with E-state index in [2.05, 4.69) is 5.32 Å². The van der Waals surface area contributed by atoms with Gasteiger partial charge in [0.15, 0.2) is 0 Å². The number of nitrogens with one attached hydrogen (secondary N) is 1. The molecule has 0 aromatic heterocycles. The number of rotatable bonds is 7. The van der Waals surface area contributed by atoms with Crippen molar-refractivity contribution in [2.24, 2.45) is 0 Å². The predicted molar refractivity (Wildman–Crippen MR) is 140 cm³/mol. The van der Waals surface area contributed by atoms with E-state index < -0.39 is 0 Å². The largest absolute Gasteiger partial charge is 0.497 e. The zero-order chi connectivity index (χ0) is 23.1. The summed E-state index contributed by atoms with van der Waals surface area (Å²) >= 11 is 18.9. The lowest BCUT2D eigenvalue weighted by atomic mass is 10.1. The van der Waals surface area contributed by atoms with E-state index in [1.807, 2.05) is 61.5 Å². The first-order chi connectivity index (χ1) is 15.4. The lowest BCUT2D eigenvalue weighted by Gasteiger charge is -2.22. The van der Waals surface area contributed by atoms with Gasteiger partial charge < -0.3 is 15.0 Å². The number of hydrogen-bond acceptors (Lipinski definition) is 4. The van der Waals surface area contributed by atoms with Gasteiger partial charge in [0.05, 0.1) is 23.6 Å². The van der Waals surface area contributed by atoms with Gasteiger partial charge in [-0.3, -0.25) is 4.79 Å². The van der Waals surface area contributed by atoms with Gasteiger partial charge in [-0.05, 0) is 61.0 Å². The van der Waals surface area contributed by atoms with Gasteiger partial charge in [0.25, 0.3) is 0 Å². The predicted octanol–water partition coefficient (Wildman–Crippen LogP) is 7.09. The number of thioether (sulfide) groups is 1. The lowest BCUT2D eigenvalue weighted by molar-refractivity contribution is -0.117. The third kappa shape index (κ3) is 6.62. The third-order valence-corrected chi connectivity index (χ3v) is 6.51. The van der Waals surface area contributed by atoms with Crippen LogP contribution in [0.2, 0.25) is 10.0 Å². The van der Waals surface area contributed by atoms with Crippen LogP contribution in [0.25, 0.3) is 0 Å². The van der Waals surface area contributed by atoms with Crippen molar-refractivity contribution in [2.45, 2.75) is 18.2 Å². The molecule has 3 rings (SSSR count). The van der Waals surface area contributed by atoms with E-state index in [9.17, 15) is 4.79 Å². The highest BCUT2D eigenvalue weighted by Crippen LogP contribution is 2.29. The minimum absolute atomic E-state index is 0.0163. The molecule has 3 aromatic carbocycles. The topological polar surface area (TPSA) is 41.6 Å². The van der Waals surface area contributed by atoms with Crippen LogP contribution in [-0.4, -0.2) is 23.9 Å². The maximum Gasteiger partial charge on any atom is 0.231 e. The molecule has 4 nitrogen and oxygen atoms in total. The van der Waals surface area contributed by atoms with Crippen molar-refractivity contribution in [1.29, 1.82) is 0 Å². The van der Waals surface area contributed by atoms with Gasteiger partial charge in [-0.2, -0.15) is 0 Å². The summed E-state index contributed by atoms with van der Waals surface area (Å²) in [4.78, 5) is 15.6. The molecule has 32 heavy (non-hydrogen) atoms. The number of carbonyl (C=O) groups is 1. The quantitative estimate of drug-likeness (QED) is 0.274. The maximum absolute atomic E-state index is 13.0. The fourth-order valence-electron chi connectivity index (χ4n) is 3.06. The van der Waals surface area contributed by atoms with Crippen LogP contribution >= 0.6 is 47.2 Å². The normalized spacial score (nSPS) is 10.5. The number of halogens is 2. The molecule has 8 heteroatoms. The summed E-state index contributed by atoms with van der Waals surface area (Å²) in [5.74, 6) is 0.782. The van der Waals surface area contributed by atoms with Gasteiger partial charge in [-0.1, -0.05) is 65.4 Å². The highest BCUT2D eigenvalue weighted by Gasteiger charge is 2.15. The number of thiocarbonyl (C=S) groups is 1. The molecule has 0 fully saturated rings. The van der Waals surface area contributed by atoms with Gasteiger partial charge in [-0.25, -0.2) is 0 Å². The Hall–Kier alpha value is -2.25. The molecule has 0 aliphatic carbocycles. The molecule has 0 aliphatic heterocycles. The Morgan fingerprint density at radius 2 is 1.81 bits per heavy atom. The second kappa shape index (κ2) is 11.6. The van der Waals surface area contributed by atoms with Crippen molar-refractivity contribution >= 4 is 68.8 Å². The molecule has 0 aliphatic rings. The van der Waals surface area contributed by atoms with E-state index in [0.717, 1.165) is 27.6 Å². The maximum atomic E-state index is 13.0. The molecule has 1 N–H and O–H groups in total. The molecule has 1 amide bonds. The molecule has 0 bridgehead atoms. The summed E-state index contributed by atoms with van der Waals surface area (Å²) < 4.78 is 5.74. The monoisotopic (exact) mass is 504 g/mol. The van der Waals surface area contributed by atoms with E-state index in [4.69, 9.17) is 40.2 Å². The van der Waals surface area contributed by atoms with E-state index in [1.54, 1.807) is 24.1 Å². The van der Waals surface area contributed by atoms with Crippen LogP contribution in [0.5, 0.6) is 5.75 Å². The number of carbonyl (C=O) groups excluding carboxylic acids is 1. The first kappa shape index (κ1) is 24.4. The average molecular weight is 505 g/mol. The number of methoxy groups -OCH3 is 1. The number of benzene rings is 3. The van der Waals surface area contributed by atoms with Crippen molar-refractivity contribution < 1.29 is 9.53 Å². The first-order valence-corrected chi connectivity index (χ1v) is 11.8. The van der Waals surface area contributed by atoms with Crippen molar-refractivity contribution in [3.63, 3.8) is 0 Å². The van der Waals surface area contributed by atoms with Crippen LogP contribution in [-0.2, 0) is 11.2 Å². The highest BCUT2D eigenvalue weighted by molar-refractivity contribution is 8.23. The SMILES string of the molecule is CCN(C(=O)Cc1ccc(OC)cc1)c1cccc(NC(=S)Sc2ccc(Cl)c(Cl)c2)c1. The second-order valence-electron chi connectivity index (χ2n) is 6.80. The van der Waals surface area contributed by atoms with E-state index >= 15 is 0 Å². The number of amides is 1. The lowest BCUT2D eigenvalue weighted by Crippen LogP contribution is -2.32. The molecular formula is C24H22Cl2N2O2S2. The molecule has 0 saturated carbocycles. The van der Waals surface area contributed by atoms with E-state index in [-0.39, 0.29) is 5.91 Å². The fourth-order valence-corrected chi connectivity index (χ4v) is 4.52. The number of likely N-dealkylation sites (N-methyl/N-ethyl adjacent to an activating group) is 1. The molecule has 0 saturated heterocycles. The van der Waals surface area contributed by atoms with Crippen LogP contribution in [0.3, 0.4) is 0 Å². The number of hydrogen-bond donors (Lipinski definition) is 1. The average Bonchev–Trinajstić information content (AvgIpc) is 2.77. The third-order valence-electron chi connectivity index (χ3n) is 4.64. The molecule has 0 spiro atoms. The molecule has 0 unspecified atom stereocenters. The molecule has 3 aromatic rings. The number of nitrogens with zero attached hydrogens (tertiary/aromatic N) is 1. The van der Waals surface area contributed by atoms with Crippen LogP contribution in [0.15, 0.2) is 71.6 Å². The second-order valence-corrected chi connectivity index (χ2v) is 9.37. The van der Waals surface area contributed by atoms with Crippen molar-refractivity contribution in [2.75, 3.05) is 23.9 Å². The molecular weight excluding hydrogens is 483 g/mol. The molecule has 0 heterocycles. The smallest absolute Gasteiger partial charge is 0.231 e. The van der Waals surface area contributed by atoms with Gasteiger partial charge in [0, 0.05) is 22.8 Å². The highest BCUT2D eigenvalue weighted by atomic mass is 35.5. The molecule has 166 valence electrons. The van der Waals surface area contributed by atoms with Crippen LogP contribution in [0.1, 0.15) is 12.5 Å². The van der Waals surface area contributed by atoms with Crippen LogP contribution in [0.4, 0.5) is 11.4 Å². The van der Waals surface area contributed by atoms with Gasteiger partial charge in [0.2, 0.25) is 5.91 Å². The zero-order valence-corrected chi connectivity index (χ0v) is 20.7. The summed E-state index contributed by atoms with van der Waals surface area (Å²) in [7, 11) is 1.62. The van der Waals surface area contributed by atoms with E-state index in [1.165, 1.54) is 11.8 Å². The summed E-state index contributed by atoms with van der Waals surface area (Å²) in [5.41, 5.74) is 2.54. The summed E-state index contributed by atoms with van der Waals surface area (Å²) in [6, 6.07) is 20.5. The number of anilines is 2. The standard InChI is InChI=1S/C24H22Cl2N2O2S2/c1-3-28(23(29)13-16-7-9-19(30-2)10-8-16)18-6-4-5-17(14-18)27-24(31)32-20-11-12-21(25)22(26)15-20/h4-12,14-15H,3,13H2,1-2H3,(H,27,31). The number of ether oxygens (including phenoxy) is 1. The van der Waals surface area contributed by atoms with Crippen molar-refractivity contribution in [3.05, 3.63) is 82.3 Å². The van der Waals surface area contributed by atoms with Crippen molar-refractivity contribution in [1.82, 2.24) is 0 Å². The Kier molecular flexibility index (Phi) is 8.82. The Balaban J connectivity index is 1.67. The summed E-state index contributed by atoms with van der Waals surface area (Å²) in [5, 5.41) is 4.19. The summed E-state index contributed by atoms with van der Waals surface area (Å²) in [6.45, 7) is 2.51. The van der Waals surface area contributed by atoms with Crippen molar-refractivity contribution in [3.8, 4) is 5.75 Å². The van der Waals surface area contributed by atoms with Gasteiger partial charge in [0.1, 0.15) is 10.1 Å². The zero-order valence-electron chi connectivity index (χ0n) is 17.6. The Morgan fingerprint density at radius 3 is 2.47 bits per heavy atom. The van der Waals surface area contributed by atoms with Gasteiger partial charge in [-0.15, -0.1) is 0 Å². The van der Waals surface area contributed by atoms with Gasteiger partial charge >= 0.3 is 0 Å². The summed E-state index contributed by atoms with van der Waals surface area (Å²) in [6.07, 6.45) is 0.307. The minimum Gasteiger partial charge on any atom is -0.497 e. The molecule has 0 radical (unpaired) electrons.